The van der Waals surface area contributed by atoms with Gasteiger partial charge in [0.05, 0.1) is 5.69 Å². The number of nitrogens with one attached hydrogen (secondary N) is 2. The SMILES string of the molecule is Cc1ccc(Br)c(NC(=O)C2=NNC(=O)CC2)c1. The molecule has 0 radical (unpaired) electrons. The topological polar surface area (TPSA) is 70.6 Å². The lowest BCUT2D eigenvalue weighted by atomic mass is 10.1. The van der Waals surface area contributed by atoms with E-state index in [4.69, 9.17) is 0 Å². The Labute approximate surface area is 113 Å². The molecule has 1 aromatic rings. The molecule has 1 heterocycles. The Morgan fingerprint density at radius 3 is 2.89 bits per heavy atom. The molecule has 94 valence electrons. The number of amides is 2. The second kappa shape index (κ2) is 5.30. The highest BCUT2D eigenvalue weighted by molar-refractivity contribution is 9.10. The molecule has 1 aromatic carbocycles. The highest BCUT2D eigenvalue weighted by Gasteiger charge is 2.18. The molecule has 0 bridgehead atoms. The number of halogens is 1. The number of aryl methyl sites for hydroxylation is 1. The lowest BCUT2D eigenvalue weighted by Crippen LogP contribution is -2.32. The van der Waals surface area contributed by atoms with Crippen LogP contribution >= 0.6 is 15.9 Å². The van der Waals surface area contributed by atoms with Crippen LogP contribution in [-0.4, -0.2) is 17.5 Å². The van der Waals surface area contributed by atoms with Crippen molar-refractivity contribution in [2.45, 2.75) is 19.8 Å². The molecule has 0 spiro atoms. The third kappa shape index (κ3) is 2.95. The van der Waals surface area contributed by atoms with Crippen LogP contribution in [0.15, 0.2) is 27.8 Å². The molecule has 1 aliphatic rings. The molecule has 2 amide bonds. The number of hydrogen-bond donors (Lipinski definition) is 2. The monoisotopic (exact) mass is 309 g/mol. The minimum Gasteiger partial charge on any atom is -0.320 e. The molecule has 0 atom stereocenters. The Morgan fingerprint density at radius 1 is 1.44 bits per heavy atom. The van der Waals surface area contributed by atoms with Crippen molar-refractivity contribution in [2.24, 2.45) is 5.10 Å². The number of anilines is 1. The van der Waals surface area contributed by atoms with Crippen LogP contribution in [0, 0.1) is 6.92 Å². The van der Waals surface area contributed by atoms with E-state index in [1.807, 2.05) is 25.1 Å². The largest absolute Gasteiger partial charge is 0.320 e. The fraction of sp³-hybridized carbons (Fsp3) is 0.250. The Kier molecular flexibility index (Phi) is 3.76. The van der Waals surface area contributed by atoms with Crippen molar-refractivity contribution in [3.05, 3.63) is 28.2 Å². The van der Waals surface area contributed by atoms with Crippen molar-refractivity contribution in [1.29, 1.82) is 0 Å². The standard InChI is InChI=1S/C12H12BrN3O2/c1-7-2-3-8(13)10(6-7)14-12(18)9-4-5-11(17)16-15-9/h2-3,6H,4-5H2,1H3,(H,14,18)(H,16,17). The van der Waals surface area contributed by atoms with Gasteiger partial charge in [0.25, 0.3) is 5.91 Å². The van der Waals surface area contributed by atoms with Gasteiger partial charge in [-0.05, 0) is 40.5 Å². The first kappa shape index (κ1) is 12.8. The summed E-state index contributed by atoms with van der Waals surface area (Å²) in [4.78, 5) is 22.9. The van der Waals surface area contributed by atoms with Gasteiger partial charge in [0.2, 0.25) is 5.91 Å². The molecule has 0 aromatic heterocycles. The first-order valence-electron chi connectivity index (χ1n) is 5.49. The van der Waals surface area contributed by atoms with Gasteiger partial charge < -0.3 is 5.32 Å². The van der Waals surface area contributed by atoms with E-state index in [1.165, 1.54) is 0 Å². The smallest absolute Gasteiger partial charge is 0.271 e. The highest BCUT2D eigenvalue weighted by atomic mass is 79.9. The Morgan fingerprint density at radius 2 is 2.22 bits per heavy atom. The van der Waals surface area contributed by atoms with E-state index in [0.717, 1.165) is 10.0 Å². The van der Waals surface area contributed by atoms with Crippen LogP contribution in [0.2, 0.25) is 0 Å². The summed E-state index contributed by atoms with van der Waals surface area (Å²) in [5.74, 6) is -0.454. The summed E-state index contributed by atoms with van der Waals surface area (Å²) in [5.41, 5.74) is 4.38. The Bertz CT molecular complexity index is 540. The predicted molar refractivity (Wildman–Crippen MR) is 72.3 cm³/mol. The summed E-state index contributed by atoms with van der Waals surface area (Å²) in [6, 6.07) is 5.68. The molecule has 18 heavy (non-hydrogen) atoms. The minimum atomic E-state index is -0.290. The number of nitrogens with zero attached hydrogens (tertiary/aromatic N) is 1. The van der Waals surface area contributed by atoms with Crippen molar-refractivity contribution >= 4 is 39.1 Å². The molecule has 5 nitrogen and oxygen atoms in total. The van der Waals surface area contributed by atoms with Gasteiger partial charge >= 0.3 is 0 Å². The average Bonchev–Trinajstić information content (AvgIpc) is 2.34. The number of rotatable bonds is 2. The van der Waals surface area contributed by atoms with Gasteiger partial charge in [-0.1, -0.05) is 6.07 Å². The zero-order valence-corrected chi connectivity index (χ0v) is 11.4. The van der Waals surface area contributed by atoms with Crippen molar-refractivity contribution in [3.63, 3.8) is 0 Å². The van der Waals surface area contributed by atoms with E-state index in [9.17, 15) is 9.59 Å². The summed E-state index contributed by atoms with van der Waals surface area (Å²) < 4.78 is 0.807. The molecule has 1 aliphatic heterocycles. The number of hydrazone groups is 1. The van der Waals surface area contributed by atoms with Crippen LogP contribution in [-0.2, 0) is 9.59 Å². The van der Waals surface area contributed by atoms with Gasteiger partial charge in [0.15, 0.2) is 0 Å². The number of hydrogen-bond acceptors (Lipinski definition) is 3. The number of benzene rings is 1. The van der Waals surface area contributed by atoms with Crippen molar-refractivity contribution in [3.8, 4) is 0 Å². The van der Waals surface area contributed by atoms with E-state index >= 15 is 0 Å². The lowest BCUT2D eigenvalue weighted by molar-refractivity contribution is -0.121. The number of carbonyl (C=O) groups excluding carboxylic acids is 2. The molecular weight excluding hydrogens is 298 g/mol. The molecule has 0 aliphatic carbocycles. The quantitative estimate of drug-likeness (QED) is 0.876. The Hall–Kier alpha value is -1.69. The summed E-state index contributed by atoms with van der Waals surface area (Å²) in [5, 5.41) is 6.52. The third-order valence-electron chi connectivity index (χ3n) is 2.54. The van der Waals surface area contributed by atoms with E-state index in [0.29, 0.717) is 24.2 Å². The van der Waals surface area contributed by atoms with Crippen LogP contribution in [0.25, 0.3) is 0 Å². The highest BCUT2D eigenvalue weighted by Crippen LogP contribution is 2.23. The molecule has 0 unspecified atom stereocenters. The molecule has 2 rings (SSSR count). The van der Waals surface area contributed by atoms with Crippen LogP contribution < -0.4 is 10.7 Å². The molecular formula is C12H12BrN3O2. The molecule has 2 N–H and O–H groups in total. The normalized spacial score (nSPS) is 14.8. The summed E-state index contributed by atoms with van der Waals surface area (Å²) in [6.45, 7) is 1.94. The summed E-state index contributed by atoms with van der Waals surface area (Å²) in [6.07, 6.45) is 0.655. The van der Waals surface area contributed by atoms with Gasteiger partial charge in [0.1, 0.15) is 5.71 Å². The molecule has 0 saturated heterocycles. The van der Waals surface area contributed by atoms with Gasteiger partial charge in [-0.25, -0.2) is 5.43 Å². The van der Waals surface area contributed by atoms with Crippen LogP contribution in [0.4, 0.5) is 5.69 Å². The van der Waals surface area contributed by atoms with Gasteiger partial charge in [-0.15, -0.1) is 0 Å². The Balaban J connectivity index is 2.12. The summed E-state index contributed by atoms with van der Waals surface area (Å²) >= 11 is 3.37. The minimum absolute atomic E-state index is 0.164. The zero-order chi connectivity index (χ0) is 13.1. The van der Waals surface area contributed by atoms with E-state index in [2.05, 4.69) is 31.8 Å². The van der Waals surface area contributed by atoms with Crippen LogP contribution in [0.5, 0.6) is 0 Å². The van der Waals surface area contributed by atoms with Gasteiger partial charge in [-0.2, -0.15) is 5.10 Å². The van der Waals surface area contributed by atoms with E-state index in [-0.39, 0.29) is 11.8 Å². The van der Waals surface area contributed by atoms with Crippen LogP contribution in [0.1, 0.15) is 18.4 Å². The maximum atomic E-state index is 11.9. The van der Waals surface area contributed by atoms with Crippen LogP contribution in [0.3, 0.4) is 0 Å². The van der Waals surface area contributed by atoms with Gasteiger partial charge in [0, 0.05) is 17.3 Å². The fourth-order valence-corrected chi connectivity index (χ4v) is 1.91. The second-order valence-corrected chi connectivity index (χ2v) is 4.89. The maximum Gasteiger partial charge on any atom is 0.271 e. The van der Waals surface area contributed by atoms with E-state index < -0.39 is 0 Å². The average molecular weight is 310 g/mol. The lowest BCUT2D eigenvalue weighted by Gasteiger charge is -2.13. The molecule has 0 fully saturated rings. The maximum absolute atomic E-state index is 11.9. The number of carbonyl (C=O) groups is 2. The second-order valence-electron chi connectivity index (χ2n) is 4.03. The van der Waals surface area contributed by atoms with Crippen molar-refractivity contribution in [2.75, 3.05) is 5.32 Å². The van der Waals surface area contributed by atoms with Crippen molar-refractivity contribution < 1.29 is 9.59 Å². The first-order chi connectivity index (χ1) is 8.56. The van der Waals surface area contributed by atoms with Crippen molar-refractivity contribution in [1.82, 2.24) is 5.43 Å². The first-order valence-corrected chi connectivity index (χ1v) is 6.28. The zero-order valence-electron chi connectivity index (χ0n) is 9.79. The molecule has 6 heteroatoms. The predicted octanol–water partition coefficient (Wildman–Crippen LogP) is 1.96. The van der Waals surface area contributed by atoms with E-state index in [1.54, 1.807) is 0 Å². The van der Waals surface area contributed by atoms with Gasteiger partial charge in [-0.3, -0.25) is 9.59 Å². The fourth-order valence-electron chi connectivity index (χ4n) is 1.57. The molecule has 0 saturated carbocycles. The summed E-state index contributed by atoms with van der Waals surface area (Å²) in [7, 11) is 0. The third-order valence-corrected chi connectivity index (χ3v) is 3.23.